The molecule has 0 spiro atoms. The number of carbonyl (C=O) groups is 4. The van der Waals surface area contributed by atoms with Gasteiger partial charge in [-0.25, -0.2) is 4.79 Å². The number of carboxylic acid groups (broad SMARTS) is 1. The average Bonchev–Trinajstić information content (AvgIpc) is 2.64. The third-order valence-electron chi connectivity index (χ3n) is 4.26. The van der Waals surface area contributed by atoms with Crippen LogP contribution in [0.3, 0.4) is 0 Å². The van der Waals surface area contributed by atoms with Crippen LogP contribution in [0.5, 0.6) is 0 Å². The summed E-state index contributed by atoms with van der Waals surface area (Å²) in [6, 6.07) is 7.16. The number of nitrogens with zero attached hydrogens (tertiary/aromatic N) is 1. The predicted octanol–water partition coefficient (Wildman–Crippen LogP) is 0.529. The van der Waals surface area contributed by atoms with Gasteiger partial charge < -0.3 is 20.1 Å². The van der Waals surface area contributed by atoms with Gasteiger partial charge in [0.25, 0.3) is 0 Å². The number of carboxylic acids is 1. The van der Waals surface area contributed by atoms with Gasteiger partial charge in [-0.05, 0) is 5.56 Å². The summed E-state index contributed by atoms with van der Waals surface area (Å²) in [7, 11) is 0. The van der Waals surface area contributed by atoms with Gasteiger partial charge in [0, 0.05) is 18.2 Å². The van der Waals surface area contributed by atoms with Crippen molar-refractivity contribution in [1.82, 2.24) is 10.2 Å². The van der Waals surface area contributed by atoms with Crippen molar-refractivity contribution in [3.05, 3.63) is 47.7 Å². The first-order valence-corrected chi connectivity index (χ1v) is 9.29. The van der Waals surface area contributed by atoms with Crippen LogP contribution in [0.4, 0.5) is 0 Å². The number of fused-ring (bicyclic) bond motifs is 1. The number of β-lactam (4-membered cyclic amide) rings is 1. The fourth-order valence-electron chi connectivity index (χ4n) is 3.05. The van der Waals surface area contributed by atoms with Gasteiger partial charge in [0.1, 0.15) is 11.4 Å². The molecule has 3 atom stereocenters. The maximum absolute atomic E-state index is 12.5. The molecule has 0 radical (unpaired) electrons. The molecule has 2 N–H and O–H groups in total. The Hall–Kier alpha value is -2.81. The monoisotopic (exact) mass is 390 g/mol. The normalized spacial score (nSPS) is 25.4. The van der Waals surface area contributed by atoms with E-state index in [1.54, 1.807) is 0 Å². The van der Waals surface area contributed by atoms with E-state index in [9.17, 15) is 24.3 Å². The summed E-state index contributed by atoms with van der Waals surface area (Å²) in [4.78, 5) is 48.5. The quantitative estimate of drug-likeness (QED) is 0.428. The van der Waals surface area contributed by atoms with E-state index < -0.39 is 35.3 Å². The number of benzene rings is 1. The number of thioether (sulfide) groups is 1. The third-order valence-corrected chi connectivity index (χ3v) is 5.60. The highest BCUT2D eigenvalue weighted by Gasteiger charge is 2.56. The number of carbonyl (C=O) groups excluding carboxylic acids is 3. The van der Waals surface area contributed by atoms with Gasteiger partial charge >= 0.3 is 11.9 Å². The highest BCUT2D eigenvalue weighted by atomic mass is 32.2. The molecule has 2 saturated heterocycles. The van der Waals surface area contributed by atoms with Gasteiger partial charge in [0.2, 0.25) is 11.8 Å². The van der Waals surface area contributed by atoms with Gasteiger partial charge in [-0.3, -0.25) is 14.4 Å². The van der Waals surface area contributed by atoms with Crippen molar-refractivity contribution in [3.8, 4) is 0 Å². The molecule has 2 aliphatic rings. The van der Waals surface area contributed by atoms with E-state index in [1.165, 1.54) is 23.6 Å². The van der Waals surface area contributed by atoms with Crippen molar-refractivity contribution in [2.75, 3.05) is 5.75 Å². The SMILES string of the molecule is CC(=O)OC=C1CS[C@@H]2C(NC(=O)Cc3ccccc3)C(=O)N2C1C(=O)O. The summed E-state index contributed by atoms with van der Waals surface area (Å²) in [5.74, 6) is -2.26. The molecule has 1 aromatic rings. The van der Waals surface area contributed by atoms with Gasteiger partial charge in [0.15, 0.2) is 6.04 Å². The van der Waals surface area contributed by atoms with E-state index in [1.807, 2.05) is 30.3 Å². The summed E-state index contributed by atoms with van der Waals surface area (Å²) in [6.45, 7) is 1.21. The topological polar surface area (TPSA) is 113 Å². The first-order chi connectivity index (χ1) is 12.9. The molecular weight excluding hydrogens is 372 g/mol. The second kappa shape index (κ2) is 7.83. The smallest absolute Gasteiger partial charge is 0.330 e. The van der Waals surface area contributed by atoms with Crippen molar-refractivity contribution >= 4 is 35.5 Å². The second-order valence-electron chi connectivity index (χ2n) is 6.20. The number of amides is 2. The van der Waals surface area contributed by atoms with Crippen LogP contribution in [0.1, 0.15) is 12.5 Å². The van der Waals surface area contributed by atoms with Crippen molar-refractivity contribution in [3.63, 3.8) is 0 Å². The van der Waals surface area contributed by atoms with Gasteiger partial charge in [0.05, 0.1) is 12.7 Å². The largest absolute Gasteiger partial charge is 0.479 e. The minimum absolute atomic E-state index is 0.141. The molecule has 1 aromatic carbocycles. The fourth-order valence-corrected chi connectivity index (χ4v) is 4.40. The van der Waals surface area contributed by atoms with E-state index in [0.29, 0.717) is 5.57 Å². The van der Waals surface area contributed by atoms with Crippen molar-refractivity contribution < 1.29 is 29.0 Å². The number of hydrogen-bond acceptors (Lipinski definition) is 6. The van der Waals surface area contributed by atoms with Crippen molar-refractivity contribution in [2.45, 2.75) is 30.8 Å². The molecule has 9 heteroatoms. The van der Waals surface area contributed by atoms with E-state index >= 15 is 0 Å². The van der Waals surface area contributed by atoms with E-state index in [0.717, 1.165) is 11.8 Å². The lowest BCUT2D eigenvalue weighted by molar-refractivity contribution is -0.160. The molecule has 2 heterocycles. The molecule has 3 rings (SSSR count). The number of esters is 1. The summed E-state index contributed by atoms with van der Waals surface area (Å²) >= 11 is 1.32. The fraction of sp³-hybridized carbons (Fsp3) is 0.333. The molecule has 0 aliphatic carbocycles. The van der Waals surface area contributed by atoms with Crippen molar-refractivity contribution in [1.29, 1.82) is 0 Å². The second-order valence-corrected chi connectivity index (χ2v) is 7.30. The molecule has 0 aromatic heterocycles. The highest BCUT2D eigenvalue weighted by molar-refractivity contribution is 8.00. The maximum Gasteiger partial charge on any atom is 0.330 e. The Kier molecular flexibility index (Phi) is 5.50. The lowest BCUT2D eigenvalue weighted by atomic mass is 9.98. The minimum Gasteiger partial charge on any atom is -0.479 e. The Morgan fingerprint density at radius 2 is 2.04 bits per heavy atom. The Bertz CT molecular complexity index is 809. The number of hydrogen-bond donors (Lipinski definition) is 2. The Morgan fingerprint density at radius 1 is 1.33 bits per heavy atom. The van der Waals surface area contributed by atoms with Crippen LogP contribution < -0.4 is 5.32 Å². The highest BCUT2D eigenvalue weighted by Crippen LogP contribution is 2.40. The van der Waals surface area contributed by atoms with Crippen LogP contribution >= 0.6 is 11.8 Å². The lowest BCUT2D eigenvalue weighted by Gasteiger charge is -2.52. The number of rotatable bonds is 5. The molecule has 27 heavy (non-hydrogen) atoms. The minimum atomic E-state index is -1.21. The number of ether oxygens (including phenoxy) is 1. The molecule has 2 aliphatic heterocycles. The van der Waals surface area contributed by atoms with Crippen LogP contribution in [-0.4, -0.2) is 57.0 Å². The van der Waals surface area contributed by atoms with Crippen LogP contribution in [0.25, 0.3) is 0 Å². The molecule has 2 unspecified atom stereocenters. The Balaban J connectivity index is 1.67. The maximum atomic E-state index is 12.5. The van der Waals surface area contributed by atoms with E-state index in [4.69, 9.17) is 4.74 Å². The lowest BCUT2D eigenvalue weighted by Crippen LogP contribution is -2.74. The zero-order valence-corrected chi connectivity index (χ0v) is 15.3. The van der Waals surface area contributed by atoms with E-state index in [2.05, 4.69) is 5.32 Å². The average molecular weight is 390 g/mol. The van der Waals surface area contributed by atoms with Crippen LogP contribution in [0.2, 0.25) is 0 Å². The molecule has 0 saturated carbocycles. The van der Waals surface area contributed by atoms with Crippen LogP contribution in [0, 0.1) is 0 Å². The van der Waals surface area contributed by atoms with E-state index in [-0.39, 0.29) is 18.1 Å². The molecule has 2 fully saturated rings. The first kappa shape index (κ1) is 19.0. The third kappa shape index (κ3) is 3.97. The molecule has 8 nitrogen and oxygen atoms in total. The van der Waals surface area contributed by atoms with Crippen molar-refractivity contribution in [2.24, 2.45) is 0 Å². The van der Waals surface area contributed by atoms with Crippen LogP contribution in [-0.2, 0) is 30.3 Å². The summed E-state index contributed by atoms with van der Waals surface area (Å²) in [6.07, 6.45) is 1.24. The Morgan fingerprint density at radius 3 is 2.67 bits per heavy atom. The standard InChI is InChI=1S/C18H18N2O6S/c1-10(21)26-8-12-9-27-17-14(16(23)20(17)15(12)18(24)25)19-13(22)7-11-5-3-2-4-6-11/h2-6,8,14-15,17H,7,9H2,1H3,(H,19,22)(H,24,25)/t14?,15?,17-/m1/s1. The predicted molar refractivity (Wildman–Crippen MR) is 96.4 cm³/mol. The zero-order valence-electron chi connectivity index (χ0n) is 14.5. The summed E-state index contributed by atoms with van der Waals surface area (Å²) < 4.78 is 4.78. The first-order valence-electron chi connectivity index (χ1n) is 8.24. The molecule has 142 valence electrons. The van der Waals surface area contributed by atoms with Gasteiger partial charge in [-0.2, -0.15) is 0 Å². The molecule has 0 bridgehead atoms. The molecule has 2 amide bonds. The molecular formula is C18H18N2O6S. The summed E-state index contributed by atoms with van der Waals surface area (Å²) in [5.41, 5.74) is 1.14. The Labute approximate surface area is 159 Å². The zero-order chi connectivity index (χ0) is 19.6. The van der Waals surface area contributed by atoms with Gasteiger partial charge in [-0.1, -0.05) is 30.3 Å². The van der Waals surface area contributed by atoms with Crippen LogP contribution in [0.15, 0.2) is 42.2 Å². The number of nitrogens with one attached hydrogen (secondary N) is 1. The summed E-state index contributed by atoms with van der Waals surface area (Å²) in [5, 5.41) is 11.7. The number of aliphatic carboxylic acids is 1. The van der Waals surface area contributed by atoms with Gasteiger partial charge in [-0.15, -0.1) is 11.8 Å².